The van der Waals surface area contributed by atoms with Crippen LogP contribution in [0.5, 0.6) is 11.5 Å². The topological polar surface area (TPSA) is 210 Å². The molecular weight excluding hydrogens is 1410 g/mol. The summed E-state index contributed by atoms with van der Waals surface area (Å²) in [6.07, 6.45) is 3.33. The SMILES string of the molecule is [C-]#[N+]/C(C#N)=C1/C(=C/c2cc(OC)c(-c3cc4c(s3)-c3sc(-c5sc(-c6cc7c(s6)-c6sc(-c8sc(/C=C9\C(=O)c%10cc([N+]#[C-])c(C#N)cc%10C9=C(C#N)C#N)cc8OC)cc6C7(C)C)c6nc(-c7ccc(C)cc7)c(-c7ccc(C)cc7)nc56)cc3C4(C)C)s2)C(=O)c2cc(C#N)c([N+]#[C-])cc21. The lowest BCUT2D eigenvalue weighted by atomic mass is 9.83. The first-order chi connectivity index (χ1) is 49.7. The molecule has 21 heteroatoms. The van der Waals surface area contributed by atoms with E-state index in [1.165, 1.54) is 69.2 Å². The van der Waals surface area contributed by atoms with Gasteiger partial charge in [-0.3, -0.25) is 9.59 Å². The number of carbonyl (C=O) groups is 2. The molecule has 8 heterocycles. The minimum absolute atomic E-state index is 0.00572. The van der Waals surface area contributed by atoms with Crippen LogP contribution in [-0.4, -0.2) is 35.8 Å². The van der Waals surface area contributed by atoms with Crippen molar-refractivity contribution in [3.05, 3.63) is 242 Å². The Morgan fingerprint density at radius 2 is 0.845 bits per heavy atom. The van der Waals surface area contributed by atoms with E-state index in [-0.39, 0.29) is 78.3 Å². The van der Waals surface area contributed by atoms with E-state index in [2.05, 4.69) is 129 Å². The predicted molar refractivity (Wildman–Crippen MR) is 412 cm³/mol. The summed E-state index contributed by atoms with van der Waals surface area (Å²) < 4.78 is 12.1. The fourth-order valence-electron chi connectivity index (χ4n) is 14.0. The summed E-state index contributed by atoms with van der Waals surface area (Å²) in [5.74, 6) is 0.255. The minimum Gasteiger partial charge on any atom is -0.495 e. The normalized spacial score (nSPS) is 15.0. The van der Waals surface area contributed by atoms with Crippen LogP contribution >= 0.6 is 79.4 Å². The second-order valence-corrected chi connectivity index (χ2v) is 33.2. The summed E-state index contributed by atoms with van der Waals surface area (Å²) in [4.78, 5) is 64.1. The van der Waals surface area contributed by atoms with Gasteiger partial charge in [0.2, 0.25) is 11.4 Å². The van der Waals surface area contributed by atoms with Gasteiger partial charge in [0.15, 0.2) is 11.6 Å². The number of ether oxygens (including phenoxy) is 2. The quantitative estimate of drug-likeness (QED) is 0.0714. The Kier molecular flexibility index (Phi) is 15.5. The van der Waals surface area contributed by atoms with Crippen molar-refractivity contribution in [3.8, 4) is 123 Å². The van der Waals surface area contributed by atoms with Gasteiger partial charge in [-0.15, -0.1) is 79.4 Å². The molecule has 0 aliphatic heterocycles. The van der Waals surface area contributed by atoms with E-state index in [1.54, 1.807) is 83.1 Å². The van der Waals surface area contributed by atoms with Crippen LogP contribution in [0.3, 0.4) is 0 Å². The summed E-state index contributed by atoms with van der Waals surface area (Å²) in [5, 5.41) is 50.2. The van der Waals surface area contributed by atoms with Gasteiger partial charge in [0.25, 0.3) is 5.70 Å². The van der Waals surface area contributed by atoms with Crippen LogP contribution < -0.4 is 9.47 Å². The molecule has 0 atom stereocenters. The smallest absolute Gasteiger partial charge is 0.270 e. The molecule has 8 aromatic heterocycles. The Morgan fingerprint density at radius 1 is 0.466 bits per heavy atom. The zero-order valence-electron chi connectivity index (χ0n) is 55.5. The van der Waals surface area contributed by atoms with Gasteiger partial charge in [-0.2, -0.15) is 21.0 Å². The molecule has 488 valence electrons. The number of nitrogens with zero attached hydrogens (tertiary/aromatic N) is 10. The van der Waals surface area contributed by atoms with Crippen molar-refractivity contribution in [2.75, 3.05) is 14.2 Å². The molecule has 4 aliphatic carbocycles. The molecule has 14 nitrogen and oxygen atoms in total. The predicted octanol–water partition coefficient (Wildman–Crippen LogP) is 22.7. The van der Waals surface area contributed by atoms with Crippen molar-refractivity contribution in [1.29, 1.82) is 26.3 Å². The number of allylic oxidation sites excluding steroid dienone is 6. The number of ketones is 2. The third kappa shape index (κ3) is 9.98. The Labute approximate surface area is 618 Å². The van der Waals surface area contributed by atoms with E-state index < -0.39 is 22.4 Å². The van der Waals surface area contributed by atoms with E-state index >= 15 is 0 Å². The molecule has 0 radical (unpaired) electrons. The maximum atomic E-state index is 14.3. The molecule has 0 fully saturated rings. The number of rotatable bonds is 10. The van der Waals surface area contributed by atoms with Gasteiger partial charge in [-0.25, -0.2) is 29.8 Å². The number of carbonyl (C=O) groups excluding carboxylic acids is 2. The lowest BCUT2D eigenvalue weighted by molar-refractivity contribution is 0.103. The number of fused-ring (bicyclic) bond motifs is 9. The number of hydrogen-bond donors (Lipinski definition) is 0. The molecule has 16 rings (SSSR count). The van der Waals surface area contributed by atoms with E-state index in [4.69, 9.17) is 39.2 Å². The van der Waals surface area contributed by atoms with Crippen LogP contribution in [0.4, 0.5) is 11.4 Å². The van der Waals surface area contributed by atoms with Crippen molar-refractivity contribution < 1.29 is 19.1 Å². The highest BCUT2D eigenvalue weighted by molar-refractivity contribution is 7.32. The monoisotopic (exact) mass is 1460 g/mol. The van der Waals surface area contributed by atoms with Crippen molar-refractivity contribution in [3.63, 3.8) is 0 Å². The fourth-order valence-corrected chi connectivity index (χ4v) is 23.3. The van der Waals surface area contributed by atoms with Crippen molar-refractivity contribution in [2.24, 2.45) is 0 Å². The molecule has 4 aliphatic rings. The molecule has 12 aromatic rings. The zero-order chi connectivity index (χ0) is 72.0. The van der Waals surface area contributed by atoms with E-state index in [9.17, 15) is 35.9 Å². The molecule has 0 saturated heterocycles. The molecule has 0 bridgehead atoms. The first kappa shape index (κ1) is 65.5. The molecule has 0 N–H and O–H groups in total. The lowest BCUT2D eigenvalue weighted by Gasteiger charge is -2.19. The second kappa shape index (κ2) is 24.3. The Bertz CT molecular complexity index is 6020. The van der Waals surface area contributed by atoms with Gasteiger partial charge >= 0.3 is 0 Å². The number of aromatic nitrogens is 2. The maximum Gasteiger partial charge on any atom is 0.270 e. The number of aryl methyl sites for hydroxylation is 2. The molecule has 4 aromatic carbocycles. The molecule has 103 heavy (non-hydrogen) atoms. The van der Waals surface area contributed by atoms with Crippen LogP contribution in [0.2, 0.25) is 0 Å². The van der Waals surface area contributed by atoms with Crippen LogP contribution in [0.15, 0.2) is 132 Å². The van der Waals surface area contributed by atoms with Crippen LogP contribution in [0.1, 0.15) is 114 Å². The summed E-state index contributed by atoms with van der Waals surface area (Å²) in [7, 11) is 3.20. The molecular formula is C82H44N10O4S7. The van der Waals surface area contributed by atoms with Crippen molar-refractivity contribution >= 4 is 137 Å². The standard InChI is InChI=1S/C82H44N10O4S7/c1-37-12-16-39(17-13-37)67-68(40-18-14-38(2)15-19-40)92-70-69(91-67)79(63-30-54-75(101-63)73-52(81(54,3)4)28-61(99-73)77-59(95-10)24-44(97-77)22-50-65(43(34-85)35-86)46-20-41(32-83)57(89-8)27-49(46)72(50)94)103-80(70)64-31-55-76(102-64)74-53(82(55,5)6)29-62(100-74)78-60(96-11)25-45(98-78)23-51-66(58(36-87)90-9)47-26-56(88-7)42(33-84)21-48(47)71(51)93/h12-31H,1-6,10-11H3/b50-22-,51-23-,66-58+. The van der Waals surface area contributed by atoms with Gasteiger partial charge in [-0.05, 0) is 120 Å². The van der Waals surface area contributed by atoms with Gasteiger partial charge < -0.3 is 9.47 Å². The Hall–Kier alpha value is -12.1. The van der Waals surface area contributed by atoms with Gasteiger partial charge in [0.05, 0.1) is 94.2 Å². The Morgan fingerprint density at radius 3 is 1.22 bits per heavy atom. The van der Waals surface area contributed by atoms with Gasteiger partial charge in [0, 0.05) is 104 Å². The number of methoxy groups -OCH3 is 2. The fraction of sp³-hybridized carbons (Fsp3) is 0.122. The molecule has 0 amide bonds. The summed E-state index contributed by atoms with van der Waals surface area (Å²) >= 11 is 11.4. The summed E-state index contributed by atoms with van der Waals surface area (Å²) in [6, 6.07) is 45.1. The third-order valence-electron chi connectivity index (χ3n) is 19.3. The van der Waals surface area contributed by atoms with E-state index in [0.29, 0.717) is 21.3 Å². The first-order valence-corrected chi connectivity index (χ1v) is 37.4. The highest BCUT2D eigenvalue weighted by Gasteiger charge is 2.44. The summed E-state index contributed by atoms with van der Waals surface area (Å²) in [6.45, 7) is 36.5. The van der Waals surface area contributed by atoms with Gasteiger partial charge in [-0.1, -0.05) is 87.4 Å². The average Bonchev–Trinajstić information content (AvgIpc) is 1.55. The van der Waals surface area contributed by atoms with Gasteiger partial charge in [0.1, 0.15) is 40.2 Å². The number of nitriles is 5. The first-order valence-electron chi connectivity index (χ1n) is 31.7. The zero-order valence-corrected chi connectivity index (χ0v) is 61.2. The lowest BCUT2D eigenvalue weighted by Crippen LogP contribution is -2.13. The highest BCUT2D eigenvalue weighted by atomic mass is 32.1. The van der Waals surface area contributed by atoms with Crippen LogP contribution in [-0.2, 0) is 10.8 Å². The van der Waals surface area contributed by atoms with Crippen molar-refractivity contribution in [2.45, 2.75) is 52.4 Å². The summed E-state index contributed by atoms with van der Waals surface area (Å²) in [5.41, 5.74) is 12.0. The van der Waals surface area contributed by atoms with Crippen LogP contribution in [0, 0.1) is 90.2 Å². The highest BCUT2D eigenvalue weighted by Crippen LogP contribution is 2.64. The average molecular weight is 1460 g/mol. The molecule has 0 spiro atoms. The number of hydrogen-bond acceptors (Lipinski definition) is 18. The maximum absolute atomic E-state index is 14.3. The van der Waals surface area contributed by atoms with Crippen molar-refractivity contribution in [1.82, 2.24) is 9.97 Å². The van der Waals surface area contributed by atoms with E-state index in [1.807, 2.05) is 42.5 Å². The largest absolute Gasteiger partial charge is 0.495 e. The minimum atomic E-state index is -0.460. The van der Waals surface area contributed by atoms with E-state index in [0.717, 1.165) is 103 Å². The molecule has 0 saturated carbocycles. The second-order valence-electron chi connectivity index (χ2n) is 25.8. The number of benzene rings is 4. The molecule has 0 unspecified atom stereocenters. The third-order valence-corrected chi connectivity index (χ3v) is 28.2. The van der Waals surface area contributed by atoms with Crippen LogP contribution in [0.25, 0.3) is 130 Å². The Balaban J connectivity index is 0.804. The number of thiophene rings is 7. The number of Topliss-reactive ketones (excluding diaryl/α,β-unsaturated/α-hetero) is 2.